The van der Waals surface area contributed by atoms with E-state index in [-0.39, 0.29) is 12.3 Å². The molecular formula is C14H19NO4. The van der Waals surface area contributed by atoms with Gasteiger partial charge >= 0.3 is 5.97 Å². The highest BCUT2D eigenvalue weighted by Gasteiger charge is 2.13. The van der Waals surface area contributed by atoms with E-state index in [9.17, 15) is 9.59 Å². The summed E-state index contributed by atoms with van der Waals surface area (Å²) in [6.07, 6.45) is 0.843. The van der Waals surface area contributed by atoms with Gasteiger partial charge in [0.1, 0.15) is 11.8 Å². The Kier molecular flexibility index (Phi) is 5.85. The molecule has 0 aromatic heterocycles. The molecule has 0 fully saturated rings. The van der Waals surface area contributed by atoms with E-state index in [4.69, 9.17) is 9.84 Å². The molecule has 0 spiro atoms. The van der Waals surface area contributed by atoms with Gasteiger partial charge in [-0.15, -0.1) is 0 Å². The number of hydrogen-bond acceptors (Lipinski definition) is 3. The van der Waals surface area contributed by atoms with Crippen LogP contribution in [0.1, 0.15) is 25.8 Å². The monoisotopic (exact) mass is 265 g/mol. The number of carboxylic acids is 1. The lowest BCUT2D eigenvalue weighted by Crippen LogP contribution is -2.38. The van der Waals surface area contributed by atoms with Crippen molar-refractivity contribution in [3.8, 4) is 5.75 Å². The summed E-state index contributed by atoms with van der Waals surface area (Å²) in [7, 11) is 0. The van der Waals surface area contributed by atoms with Crippen molar-refractivity contribution in [2.75, 3.05) is 6.61 Å². The second-order valence-corrected chi connectivity index (χ2v) is 4.20. The molecule has 0 radical (unpaired) electrons. The van der Waals surface area contributed by atoms with E-state index in [0.717, 1.165) is 11.3 Å². The molecule has 1 unspecified atom stereocenters. The topological polar surface area (TPSA) is 75.6 Å². The van der Waals surface area contributed by atoms with Crippen LogP contribution in [0.4, 0.5) is 0 Å². The Balaban J connectivity index is 2.39. The first-order valence-electron chi connectivity index (χ1n) is 6.26. The maximum atomic E-state index is 11.5. The zero-order chi connectivity index (χ0) is 14.3. The number of nitrogens with one attached hydrogen (secondary N) is 1. The molecule has 19 heavy (non-hydrogen) atoms. The summed E-state index contributed by atoms with van der Waals surface area (Å²) < 4.78 is 5.32. The normalized spacial score (nSPS) is 11.7. The van der Waals surface area contributed by atoms with Crippen LogP contribution in [0.3, 0.4) is 0 Å². The van der Waals surface area contributed by atoms with Crippen molar-refractivity contribution in [2.45, 2.75) is 32.7 Å². The Morgan fingerprint density at radius 1 is 1.32 bits per heavy atom. The van der Waals surface area contributed by atoms with Gasteiger partial charge < -0.3 is 15.2 Å². The average molecular weight is 265 g/mol. The molecule has 1 rings (SSSR count). The number of carbonyl (C=O) groups is 2. The van der Waals surface area contributed by atoms with Crippen LogP contribution in [0.15, 0.2) is 24.3 Å². The van der Waals surface area contributed by atoms with Crippen molar-refractivity contribution in [1.82, 2.24) is 5.32 Å². The van der Waals surface area contributed by atoms with Crippen LogP contribution in [-0.2, 0) is 16.0 Å². The third kappa shape index (κ3) is 5.42. The molecule has 2 N–H and O–H groups in total. The molecule has 0 saturated heterocycles. The largest absolute Gasteiger partial charge is 0.494 e. The zero-order valence-corrected chi connectivity index (χ0v) is 11.2. The lowest BCUT2D eigenvalue weighted by molar-refractivity contribution is -0.141. The fraction of sp³-hybridized carbons (Fsp3) is 0.429. The lowest BCUT2D eigenvalue weighted by Gasteiger charge is -2.09. The quantitative estimate of drug-likeness (QED) is 0.785. The van der Waals surface area contributed by atoms with Crippen molar-refractivity contribution in [3.63, 3.8) is 0 Å². The Morgan fingerprint density at radius 3 is 2.47 bits per heavy atom. The first-order valence-corrected chi connectivity index (χ1v) is 6.26. The predicted molar refractivity (Wildman–Crippen MR) is 71.2 cm³/mol. The van der Waals surface area contributed by atoms with Crippen LogP contribution in [0.5, 0.6) is 5.75 Å². The highest BCUT2D eigenvalue weighted by molar-refractivity contribution is 5.83. The summed E-state index contributed by atoms with van der Waals surface area (Å²) in [5.74, 6) is -0.492. The third-order valence-corrected chi connectivity index (χ3v) is 2.62. The molecule has 0 saturated carbocycles. The molecule has 0 heterocycles. The fourth-order valence-corrected chi connectivity index (χ4v) is 1.55. The standard InChI is InChI=1S/C14H19NO4/c1-3-19-12-7-4-11(5-8-12)6-9-13(16)15-10(2)14(17)18/h4-5,7-8,10H,3,6,9H2,1-2H3,(H,15,16)(H,17,18). The van der Waals surface area contributed by atoms with Gasteiger partial charge in [0.15, 0.2) is 0 Å². The molecule has 1 aromatic rings. The number of benzene rings is 1. The molecule has 1 aromatic carbocycles. The number of rotatable bonds is 7. The van der Waals surface area contributed by atoms with E-state index < -0.39 is 12.0 Å². The average Bonchev–Trinajstić information content (AvgIpc) is 2.38. The van der Waals surface area contributed by atoms with Crippen molar-refractivity contribution in [1.29, 1.82) is 0 Å². The zero-order valence-electron chi connectivity index (χ0n) is 11.2. The van der Waals surface area contributed by atoms with E-state index in [1.807, 2.05) is 31.2 Å². The summed E-state index contributed by atoms with van der Waals surface area (Å²) in [5.41, 5.74) is 1.02. The lowest BCUT2D eigenvalue weighted by atomic mass is 10.1. The van der Waals surface area contributed by atoms with Gasteiger partial charge in [0, 0.05) is 6.42 Å². The Hall–Kier alpha value is -2.04. The minimum Gasteiger partial charge on any atom is -0.494 e. The first-order chi connectivity index (χ1) is 9.02. The summed E-state index contributed by atoms with van der Waals surface area (Å²) >= 11 is 0. The summed E-state index contributed by atoms with van der Waals surface area (Å²) in [4.78, 5) is 22.1. The molecule has 5 nitrogen and oxygen atoms in total. The highest BCUT2D eigenvalue weighted by atomic mass is 16.5. The maximum absolute atomic E-state index is 11.5. The summed E-state index contributed by atoms with van der Waals surface area (Å²) in [6, 6.07) is 6.67. The second-order valence-electron chi connectivity index (χ2n) is 4.20. The molecular weight excluding hydrogens is 246 g/mol. The van der Waals surface area contributed by atoms with Crippen molar-refractivity contribution in [2.24, 2.45) is 0 Å². The van der Waals surface area contributed by atoms with Crippen LogP contribution in [-0.4, -0.2) is 29.6 Å². The number of carbonyl (C=O) groups excluding carboxylic acids is 1. The maximum Gasteiger partial charge on any atom is 0.325 e. The number of amides is 1. The smallest absolute Gasteiger partial charge is 0.325 e. The van der Waals surface area contributed by atoms with E-state index in [1.165, 1.54) is 6.92 Å². The van der Waals surface area contributed by atoms with E-state index in [0.29, 0.717) is 13.0 Å². The van der Waals surface area contributed by atoms with Crippen LogP contribution in [0.2, 0.25) is 0 Å². The molecule has 1 atom stereocenters. The highest BCUT2D eigenvalue weighted by Crippen LogP contribution is 2.13. The second kappa shape index (κ2) is 7.41. The van der Waals surface area contributed by atoms with Crippen LogP contribution in [0.25, 0.3) is 0 Å². The molecule has 5 heteroatoms. The minimum atomic E-state index is -1.03. The molecule has 104 valence electrons. The van der Waals surface area contributed by atoms with Crippen LogP contribution >= 0.6 is 0 Å². The minimum absolute atomic E-state index is 0.260. The third-order valence-electron chi connectivity index (χ3n) is 2.62. The number of hydrogen-bond donors (Lipinski definition) is 2. The molecule has 0 bridgehead atoms. The van der Waals surface area contributed by atoms with Crippen LogP contribution in [0, 0.1) is 0 Å². The van der Waals surface area contributed by atoms with Gasteiger partial charge in [-0.05, 0) is 38.0 Å². The van der Waals surface area contributed by atoms with E-state index in [2.05, 4.69) is 5.32 Å². The predicted octanol–water partition coefficient (Wildman–Crippen LogP) is 1.61. The van der Waals surface area contributed by atoms with Crippen molar-refractivity contribution in [3.05, 3.63) is 29.8 Å². The van der Waals surface area contributed by atoms with Gasteiger partial charge in [0.25, 0.3) is 0 Å². The van der Waals surface area contributed by atoms with Gasteiger partial charge in [-0.1, -0.05) is 12.1 Å². The SMILES string of the molecule is CCOc1ccc(CCC(=O)NC(C)C(=O)O)cc1. The Morgan fingerprint density at radius 2 is 1.95 bits per heavy atom. The van der Waals surface area contributed by atoms with Gasteiger partial charge in [0.2, 0.25) is 5.91 Å². The van der Waals surface area contributed by atoms with Gasteiger partial charge in [-0.2, -0.15) is 0 Å². The number of aliphatic carboxylic acids is 1. The van der Waals surface area contributed by atoms with Gasteiger partial charge in [-0.25, -0.2) is 0 Å². The molecule has 0 aliphatic heterocycles. The molecule has 1 amide bonds. The first kappa shape index (κ1) is 15.0. The van der Waals surface area contributed by atoms with Crippen LogP contribution < -0.4 is 10.1 Å². The van der Waals surface area contributed by atoms with E-state index >= 15 is 0 Å². The molecule has 0 aliphatic carbocycles. The van der Waals surface area contributed by atoms with Crippen molar-refractivity contribution >= 4 is 11.9 Å². The number of ether oxygens (including phenoxy) is 1. The van der Waals surface area contributed by atoms with E-state index in [1.54, 1.807) is 0 Å². The summed E-state index contributed by atoms with van der Waals surface area (Å²) in [5, 5.41) is 11.1. The van der Waals surface area contributed by atoms with Gasteiger partial charge in [0.05, 0.1) is 6.61 Å². The number of aryl methyl sites for hydroxylation is 1. The fourth-order valence-electron chi connectivity index (χ4n) is 1.55. The van der Waals surface area contributed by atoms with Gasteiger partial charge in [-0.3, -0.25) is 9.59 Å². The molecule has 0 aliphatic rings. The number of carboxylic acid groups (broad SMARTS) is 1. The Labute approximate surface area is 112 Å². The van der Waals surface area contributed by atoms with Crippen molar-refractivity contribution < 1.29 is 19.4 Å². The summed E-state index contributed by atoms with van der Waals surface area (Å²) in [6.45, 7) is 3.98. The Bertz CT molecular complexity index is 428.